The summed E-state index contributed by atoms with van der Waals surface area (Å²) in [6.07, 6.45) is 1.44. The van der Waals surface area contributed by atoms with Gasteiger partial charge in [0, 0.05) is 15.5 Å². The third-order valence-corrected chi connectivity index (χ3v) is 6.52. The highest BCUT2D eigenvalue weighted by Gasteiger charge is 2.33. The Balaban J connectivity index is 2.05. The predicted molar refractivity (Wildman–Crippen MR) is 96.2 cm³/mol. The van der Waals surface area contributed by atoms with E-state index >= 15 is 0 Å². The molecule has 6 nitrogen and oxygen atoms in total. The molecule has 0 fully saturated rings. The summed E-state index contributed by atoms with van der Waals surface area (Å²) in [6, 6.07) is 20.3. The Hall–Kier alpha value is -2.69. The average molecular weight is 356 g/mol. The van der Waals surface area contributed by atoms with E-state index in [4.69, 9.17) is 4.42 Å². The molecule has 0 bridgehead atoms. The van der Waals surface area contributed by atoms with Gasteiger partial charge in [0.2, 0.25) is 13.8 Å². The molecule has 0 amide bonds. The number of benzene rings is 2. The quantitative estimate of drug-likeness (QED) is 0.399. The van der Waals surface area contributed by atoms with E-state index < -0.39 is 24.8 Å². The minimum absolute atomic E-state index is 0.379. The van der Waals surface area contributed by atoms with Crippen molar-refractivity contribution >= 4 is 17.9 Å². The summed E-state index contributed by atoms with van der Waals surface area (Å²) in [5, 5.41) is 15.3. The van der Waals surface area contributed by atoms with E-state index in [9.17, 15) is 14.7 Å². The Morgan fingerprint density at radius 1 is 0.960 bits per heavy atom. The number of nitro groups is 1. The van der Waals surface area contributed by atoms with E-state index in [1.165, 1.54) is 6.26 Å². The van der Waals surface area contributed by atoms with Gasteiger partial charge in [-0.2, -0.15) is 0 Å². The molecule has 1 unspecified atom stereocenters. The second-order valence-electron chi connectivity index (χ2n) is 5.49. The SMILES string of the molecule is O=[N+]([O-])CC(NP(=O)(c1ccccc1)c1ccccc1)c1ccco1. The summed E-state index contributed by atoms with van der Waals surface area (Å²) >= 11 is 0. The first-order valence-electron chi connectivity index (χ1n) is 7.74. The van der Waals surface area contributed by atoms with Gasteiger partial charge in [0.25, 0.3) is 0 Å². The van der Waals surface area contributed by atoms with Crippen LogP contribution in [-0.4, -0.2) is 11.5 Å². The highest BCUT2D eigenvalue weighted by Crippen LogP contribution is 2.41. The van der Waals surface area contributed by atoms with Crippen molar-refractivity contribution < 1.29 is 13.9 Å². The zero-order chi connectivity index (χ0) is 17.7. The Morgan fingerprint density at radius 3 is 1.96 bits per heavy atom. The van der Waals surface area contributed by atoms with Crippen molar-refractivity contribution in [3.05, 3.63) is 94.9 Å². The average Bonchev–Trinajstić information content (AvgIpc) is 3.17. The lowest BCUT2D eigenvalue weighted by Gasteiger charge is -2.24. The lowest BCUT2D eigenvalue weighted by Crippen LogP contribution is -2.33. The van der Waals surface area contributed by atoms with Crippen molar-refractivity contribution in [1.29, 1.82) is 0 Å². The van der Waals surface area contributed by atoms with Gasteiger partial charge in [-0.1, -0.05) is 36.4 Å². The topological polar surface area (TPSA) is 85.4 Å². The Morgan fingerprint density at radius 2 is 1.52 bits per heavy atom. The second-order valence-corrected chi connectivity index (χ2v) is 8.00. The van der Waals surface area contributed by atoms with Crippen LogP contribution in [0, 0.1) is 10.1 Å². The fourth-order valence-electron chi connectivity index (χ4n) is 2.63. The van der Waals surface area contributed by atoms with Gasteiger partial charge in [-0.25, -0.2) is 5.09 Å². The summed E-state index contributed by atoms with van der Waals surface area (Å²) < 4.78 is 19.3. The van der Waals surface area contributed by atoms with Gasteiger partial charge in [-0.3, -0.25) is 14.7 Å². The summed E-state index contributed by atoms with van der Waals surface area (Å²) in [5.41, 5.74) is 0. The lowest BCUT2D eigenvalue weighted by molar-refractivity contribution is -0.484. The molecular weight excluding hydrogens is 339 g/mol. The van der Waals surface area contributed by atoms with Crippen molar-refractivity contribution in [3.8, 4) is 0 Å². The molecule has 0 aliphatic rings. The van der Waals surface area contributed by atoms with Crippen LogP contribution in [0.15, 0.2) is 83.5 Å². The first-order chi connectivity index (χ1) is 12.1. The number of nitrogens with one attached hydrogen (secondary N) is 1. The summed E-state index contributed by atoms with van der Waals surface area (Å²) in [4.78, 5) is 10.7. The molecule has 25 heavy (non-hydrogen) atoms. The summed E-state index contributed by atoms with van der Waals surface area (Å²) in [6.45, 7) is -0.433. The minimum atomic E-state index is -3.29. The fraction of sp³-hybridized carbons (Fsp3) is 0.111. The lowest BCUT2D eigenvalue weighted by atomic mass is 10.2. The van der Waals surface area contributed by atoms with Crippen molar-refractivity contribution in [3.63, 3.8) is 0 Å². The third kappa shape index (κ3) is 3.87. The molecule has 0 spiro atoms. The van der Waals surface area contributed by atoms with Crippen LogP contribution < -0.4 is 15.7 Å². The number of hydrogen-bond acceptors (Lipinski definition) is 4. The van der Waals surface area contributed by atoms with Gasteiger partial charge in [-0.05, 0) is 36.4 Å². The Bertz CT molecular complexity index is 823. The van der Waals surface area contributed by atoms with Crippen LogP contribution in [0.4, 0.5) is 0 Å². The number of hydrogen-bond donors (Lipinski definition) is 1. The highest BCUT2D eigenvalue weighted by atomic mass is 31.2. The molecule has 7 heteroatoms. The van der Waals surface area contributed by atoms with Crippen LogP contribution in [0.25, 0.3) is 0 Å². The maximum absolute atomic E-state index is 13.9. The van der Waals surface area contributed by atoms with Crippen molar-refractivity contribution in [2.45, 2.75) is 6.04 Å². The first-order valence-corrected chi connectivity index (χ1v) is 9.44. The van der Waals surface area contributed by atoms with Gasteiger partial charge in [-0.15, -0.1) is 0 Å². The maximum atomic E-state index is 13.9. The normalized spacial score (nSPS) is 12.6. The van der Waals surface area contributed by atoms with Crippen LogP contribution in [0.3, 0.4) is 0 Å². The van der Waals surface area contributed by atoms with Gasteiger partial charge >= 0.3 is 0 Å². The van der Waals surface area contributed by atoms with Crippen molar-refractivity contribution in [2.75, 3.05) is 6.54 Å². The van der Waals surface area contributed by atoms with E-state index in [1.54, 1.807) is 60.7 Å². The van der Waals surface area contributed by atoms with E-state index in [-0.39, 0.29) is 0 Å². The van der Waals surface area contributed by atoms with Crippen LogP contribution in [0.2, 0.25) is 0 Å². The van der Waals surface area contributed by atoms with Crippen molar-refractivity contribution in [1.82, 2.24) is 5.09 Å². The molecule has 0 radical (unpaired) electrons. The minimum Gasteiger partial charge on any atom is -0.467 e. The smallest absolute Gasteiger partial charge is 0.226 e. The Labute approximate surface area is 145 Å². The van der Waals surface area contributed by atoms with E-state index in [0.717, 1.165) is 0 Å². The van der Waals surface area contributed by atoms with Crippen LogP contribution in [0.1, 0.15) is 11.8 Å². The van der Waals surface area contributed by atoms with Gasteiger partial charge in [0.15, 0.2) is 0 Å². The molecule has 0 saturated carbocycles. The molecule has 3 rings (SSSR count). The van der Waals surface area contributed by atoms with Gasteiger partial charge < -0.3 is 4.42 Å². The van der Waals surface area contributed by atoms with Gasteiger partial charge in [0.05, 0.1) is 6.26 Å². The molecule has 1 atom stereocenters. The van der Waals surface area contributed by atoms with E-state index in [2.05, 4.69) is 5.09 Å². The highest BCUT2D eigenvalue weighted by molar-refractivity contribution is 7.76. The predicted octanol–water partition coefficient (Wildman–Crippen LogP) is 3.12. The first kappa shape index (κ1) is 17.1. The molecule has 3 aromatic rings. The maximum Gasteiger partial charge on any atom is 0.226 e. The largest absolute Gasteiger partial charge is 0.467 e. The fourth-order valence-corrected chi connectivity index (χ4v) is 5.05. The molecule has 1 N–H and O–H groups in total. The molecule has 1 aromatic heterocycles. The van der Waals surface area contributed by atoms with E-state index in [0.29, 0.717) is 16.4 Å². The van der Waals surface area contributed by atoms with Gasteiger partial charge in [0.1, 0.15) is 11.8 Å². The summed E-state index contributed by atoms with van der Waals surface area (Å²) in [7, 11) is -3.29. The monoisotopic (exact) mass is 356 g/mol. The molecule has 1 heterocycles. The number of furan rings is 1. The molecule has 0 saturated heterocycles. The van der Waals surface area contributed by atoms with E-state index in [1.807, 2.05) is 12.1 Å². The zero-order valence-electron chi connectivity index (χ0n) is 13.3. The molecule has 128 valence electrons. The molecule has 2 aromatic carbocycles. The molecule has 0 aliphatic carbocycles. The Kier molecular flexibility index (Phi) is 5.12. The molecular formula is C18H17N2O4P. The van der Waals surface area contributed by atoms with Crippen molar-refractivity contribution in [2.24, 2.45) is 0 Å². The molecule has 0 aliphatic heterocycles. The summed E-state index contributed by atoms with van der Waals surface area (Å²) in [5.74, 6) is 0.379. The van der Waals surface area contributed by atoms with Crippen LogP contribution in [0.5, 0.6) is 0 Å². The number of nitrogens with zero attached hydrogens (tertiary/aromatic N) is 1. The zero-order valence-corrected chi connectivity index (χ0v) is 14.2. The van der Waals surface area contributed by atoms with Crippen LogP contribution in [-0.2, 0) is 4.57 Å². The second kappa shape index (κ2) is 7.47. The number of rotatable bonds is 7. The van der Waals surface area contributed by atoms with Crippen LogP contribution >= 0.6 is 7.29 Å². The standard InChI is InChI=1S/C18H17N2O4P/c21-20(22)14-17(18-12-7-13-24-18)19-25(23,15-8-3-1-4-9-15)16-10-5-2-6-11-16/h1-13,17H,14H2,(H,19,23). The third-order valence-electron chi connectivity index (χ3n) is 3.80.